The van der Waals surface area contributed by atoms with E-state index >= 15 is 0 Å². The van der Waals surface area contributed by atoms with Crippen molar-refractivity contribution in [2.45, 2.75) is 31.6 Å². The summed E-state index contributed by atoms with van der Waals surface area (Å²) < 4.78 is 39.0. The van der Waals surface area contributed by atoms with E-state index in [-0.39, 0.29) is 12.1 Å². The Labute approximate surface area is 163 Å². The zero-order chi connectivity index (χ0) is 19.7. The van der Waals surface area contributed by atoms with Crippen molar-refractivity contribution in [3.8, 4) is 0 Å². The summed E-state index contributed by atoms with van der Waals surface area (Å²) in [6.07, 6.45) is -3.40. The number of rotatable bonds is 4. The lowest BCUT2D eigenvalue weighted by atomic mass is 9.99. The minimum Gasteiger partial charge on any atom is -0.370 e. The van der Waals surface area contributed by atoms with Crippen molar-refractivity contribution < 1.29 is 13.2 Å². The summed E-state index contributed by atoms with van der Waals surface area (Å²) in [4.78, 5) is 2.03. The molecule has 4 rings (SSSR count). The first kappa shape index (κ1) is 18.8. The zero-order valence-electron chi connectivity index (χ0n) is 15.7. The van der Waals surface area contributed by atoms with Crippen molar-refractivity contribution in [2.75, 3.05) is 18.0 Å². The molecular weight excluding hydrogens is 361 g/mol. The maximum absolute atomic E-state index is 13.0. The van der Waals surface area contributed by atoms with Crippen molar-refractivity contribution in [3.63, 3.8) is 0 Å². The monoisotopic (exact) mass is 384 g/mol. The van der Waals surface area contributed by atoms with Gasteiger partial charge in [0.2, 0.25) is 0 Å². The Kier molecular flexibility index (Phi) is 5.02. The Balaban J connectivity index is 1.46. The first-order chi connectivity index (χ1) is 13.4. The highest BCUT2D eigenvalue weighted by molar-refractivity contribution is 5.86. The Morgan fingerprint density at radius 2 is 1.75 bits per heavy atom. The molecule has 0 spiro atoms. The molecule has 1 aliphatic heterocycles. The van der Waals surface area contributed by atoms with Crippen molar-refractivity contribution in [1.29, 1.82) is 0 Å². The van der Waals surface area contributed by atoms with Crippen LogP contribution >= 0.6 is 0 Å². The zero-order valence-corrected chi connectivity index (χ0v) is 15.7. The first-order valence-corrected chi connectivity index (χ1v) is 9.58. The summed E-state index contributed by atoms with van der Waals surface area (Å²) in [7, 11) is 0. The maximum Gasteiger partial charge on any atom is 0.416 e. The van der Waals surface area contributed by atoms with Crippen LogP contribution in [0.15, 0.2) is 66.7 Å². The molecule has 2 nitrogen and oxygen atoms in total. The Morgan fingerprint density at radius 1 is 1.00 bits per heavy atom. The van der Waals surface area contributed by atoms with Crippen LogP contribution in [0, 0.1) is 0 Å². The highest BCUT2D eigenvalue weighted by Gasteiger charge is 2.32. The molecule has 1 fully saturated rings. The minimum absolute atomic E-state index is 0.164. The molecule has 3 aromatic carbocycles. The van der Waals surface area contributed by atoms with E-state index in [9.17, 15) is 13.2 Å². The first-order valence-electron chi connectivity index (χ1n) is 9.58. The molecule has 0 bridgehead atoms. The third-order valence-corrected chi connectivity index (χ3v) is 5.50. The van der Waals surface area contributed by atoms with E-state index in [1.807, 2.05) is 17.0 Å². The fourth-order valence-electron chi connectivity index (χ4n) is 4.08. The lowest BCUT2D eigenvalue weighted by Gasteiger charge is -2.23. The summed E-state index contributed by atoms with van der Waals surface area (Å²) in [6, 6.07) is 20.6. The van der Waals surface area contributed by atoms with Crippen LogP contribution in [0.1, 0.15) is 30.5 Å². The quantitative estimate of drug-likeness (QED) is 0.613. The van der Waals surface area contributed by atoms with E-state index in [0.29, 0.717) is 12.2 Å². The van der Waals surface area contributed by atoms with Gasteiger partial charge in [-0.2, -0.15) is 13.2 Å². The minimum atomic E-state index is -4.31. The second-order valence-corrected chi connectivity index (χ2v) is 7.44. The molecule has 0 aromatic heterocycles. The van der Waals surface area contributed by atoms with Gasteiger partial charge in [0, 0.05) is 30.9 Å². The van der Waals surface area contributed by atoms with Crippen molar-refractivity contribution >= 4 is 16.5 Å². The predicted octanol–water partition coefficient (Wildman–Crippen LogP) is 5.79. The van der Waals surface area contributed by atoms with Crippen LogP contribution < -0.4 is 10.2 Å². The van der Waals surface area contributed by atoms with Crippen molar-refractivity contribution in [1.82, 2.24) is 5.32 Å². The lowest BCUT2D eigenvalue weighted by molar-refractivity contribution is -0.137. The predicted molar refractivity (Wildman–Crippen MR) is 108 cm³/mol. The van der Waals surface area contributed by atoms with Gasteiger partial charge in [0.1, 0.15) is 0 Å². The number of alkyl halides is 3. The standard InChI is InChI=1S/C23H23F3N2/c1-16(21-11-4-7-17-6-2-3-10-22(17)21)27-19-12-13-28(15-19)20-9-5-8-18(14-20)23(24,25)26/h2-11,14,16,19,27H,12-13,15H2,1H3/t16-,19-/m1/s1. The van der Waals surface area contributed by atoms with Gasteiger partial charge < -0.3 is 10.2 Å². The molecule has 3 aromatic rings. The summed E-state index contributed by atoms with van der Waals surface area (Å²) in [6.45, 7) is 3.60. The van der Waals surface area contributed by atoms with Crippen LogP contribution in [0.2, 0.25) is 0 Å². The Hall–Kier alpha value is -2.53. The number of hydrogen-bond acceptors (Lipinski definition) is 2. The largest absolute Gasteiger partial charge is 0.416 e. The molecule has 1 heterocycles. The second kappa shape index (κ2) is 7.47. The van der Waals surface area contributed by atoms with Crippen LogP contribution in [0.5, 0.6) is 0 Å². The molecule has 0 unspecified atom stereocenters. The number of fused-ring (bicyclic) bond motifs is 1. The average molecular weight is 384 g/mol. The van der Waals surface area contributed by atoms with Gasteiger partial charge in [-0.15, -0.1) is 0 Å². The second-order valence-electron chi connectivity index (χ2n) is 7.44. The van der Waals surface area contributed by atoms with Gasteiger partial charge in [-0.25, -0.2) is 0 Å². The number of hydrogen-bond donors (Lipinski definition) is 1. The number of nitrogens with zero attached hydrogens (tertiary/aromatic N) is 1. The number of nitrogens with one attached hydrogen (secondary N) is 1. The lowest BCUT2D eigenvalue weighted by Crippen LogP contribution is -2.34. The number of halogens is 3. The molecule has 1 saturated heterocycles. The van der Waals surface area contributed by atoms with Crippen LogP contribution in [0.3, 0.4) is 0 Å². The van der Waals surface area contributed by atoms with E-state index in [1.165, 1.54) is 28.5 Å². The van der Waals surface area contributed by atoms with Gasteiger partial charge in [-0.3, -0.25) is 0 Å². The van der Waals surface area contributed by atoms with Gasteiger partial charge in [0.15, 0.2) is 0 Å². The van der Waals surface area contributed by atoms with E-state index in [4.69, 9.17) is 0 Å². The number of anilines is 1. The molecule has 1 aliphatic rings. The van der Waals surface area contributed by atoms with Gasteiger partial charge in [0.05, 0.1) is 5.56 Å². The molecule has 5 heteroatoms. The van der Waals surface area contributed by atoms with Crippen molar-refractivity contribution in [2.24, 2.45) is 0 Å². The highest BCUT2D eigenvalue weighted by atomic mass is 19.4. The van der Waals surface area contributed by atoms with E-state index in [2.05, 4.69) is 42.6 Å². The summed E-state index contributed by atoms with van der Waals surface area (Å²) in [5.41, 5.74) is 1.29. The highest BCUT2D eigenvalue weighted by Crippen LogP contribution is 2.33. The van der Waals surface area contributed by atoms with Gasteiger partial charge in [-0.05, 0) is 47.9 Å². The number of benzene rings is 3. The van der Waals surface area contributed by atoms with Gasteiger partial charge in [-0.1, -0.05) is 48.5 Å². The third-order valence-electron chi connectivity index (χ3n) is 5.50. The molecule has 1 N–H and O–H groups in total. The Bertz CT molecular complexity index is 962. The SMILES string of the molecule is C[C@@H](N[C@@H]1CCN(c2cccc(C(F)(F)F)c2)C1)c1cccc2ccccc12. The topological polar surface area (TPSA) is 15.3 Å². The van der Waals surface area contributed by atoms with Crippen LogP contribution in [-0.4, -0.2) is 19.1 Å². The van der Waals surface area contributed by atoms with E-state index in [1.54, 1.807) is 6.07 Å². The molecule has 146 valence electrons. The summed E-state index contributed by atoms with van der Waals surface area (Å²) in [5, 5.41) is 6.12. The summed E-state index contributed by atoms with van der Waals surface area (Å²) in [5.74, 6) is 0. The molecule has 0 saturated carbocycles. The van der Waals surface area contributed by atoms with Crippen molar-refractivity contribution in [3.05, 3.63) is 77.9 Å². The van der Waals surface area contributed by atoms with Gasteiger partial charge in [0.25, 0.3) is 0 Å². The van der Waals surface area contributed by atoms with Crippen LogP contribution in [0.25, 0.3) is 10.8 Å². The van der Waals surface area contributed by atoms with Gasteiger partial charge >= 0.3 is 6.18 Å². The van der Waals surface area contributed by atoms with Crippen LogP contribution in [0.4, 0.5) is 18.9 Å². The molecule has 2 atom stereocenters. The fraction of sp³-hybridized carbons (Fsp3) is 0.304. The van der Waals surface area contributed by atoms with E-state index in [0.717, 1.165) is 19.0 Å². The average Bonchev–Trinajstić information content (AvgIpc) is 3.15. The maximum atomic E-state index is 13.0. The molecule has 28 heavy (non-hydrogen) atoms. The molecular formula is C23H23F3N2. The third kappa shape index (κ3) is 3.85. The fourth-order valence-corrected chi connectivity index (χ4v) is 4.08. The smallest absolute Gasteiger partial charge is 0.370 e. The molecule has 0 aliphatic carbocycles. The normalized spacial score (nSPS) is 18.6. The Morgan fingerprint density at radius 3 is 2.57 bits per heavy atom. The van der Waals surface area contributed by atoms with Crippen LogP contribution in [-0.2, 0) is 6.18 Å². The molecule has 0 amide bonds. The summed E-state index contributed by atoms with van der Waals surface area (Å²) >= 11 is 0. The molecule has 0 radical (unpaired) electrons. The van der Waals surface area contributed by atoms with E-state index < -0.39 is 11.7 Å².